The summed E-state index contributed by atoms with van der Waals surface area (Å²) in [4.78, 5) is 33.2. The van der Waals surface area contributed by atoms with Crippen molar-refractivity contribution in [3.05, 3.63) is 45.4 Å². The molecule has 0 radical (unpaired) electrons. The van der Waals surface area contributed by atoms with Crippen molar-refractivity contribution < 1.29 is 31.6 Å². The number of carboxylic acid groups (broad SMARTS) is 1. The van der Waals surface area contributed by atoms with Crippen molar-refractivity contribution in [2.75, 3.05) is 13.1 Å². The summed E-state index contributed by atoms with van der Waals surface area (Å²) in [5, 5.41) is 11.4. The molecule has 0 bridgehead atoms. The molecule has 1 fully saturated rings. The van der Waals surface area contributed by atoms with Crippen LogP contribution in [0.1, 0.15) is 16.8 Å². The van der Waals surface area contributed by atoms with Gasteiger partial charge in [-0.05, 0) is 6.07 Å². The lowest BCUT2D eigenvalue weighted by molar-refractivity contribution is -0.822. The SMILES string of the molecule is N[C@H]1CC[NH+](c2nc3c(cc2F)c(=O)c(C(=O)O)cn3-c2nccs2)C1.[Cl-]. The monoisotopic (exact) mass is 411 g/mol. The Bertz CT molecular complexity index is 1070. The van der Waals surface area contributed by atoms with Crippen LogP contribution < -0.4 is 28.5 Å². The van der Waals surface area contributed by atoms with Crippen LogP contribution in [-0.2, 0) is 0 Å². The zero-order chi connectivity index (χ0) is 18.4. The first-order valence-corrected chi connectivity index (χ1v) is 8.83. The predicted molar refractivity (Wildman–Crippen MR) is 92.9 cm³/mol. The Kier molecular flexibility index (Phi) is 5.24. The normalized spacial score (nSPS) is 19.2. The summed E-state index contributed by atoms with van der Waals surface area (Å²) in [5.74, 6) is -1.85. The van der Waals surface area contributed by atoms with E-state index in [2.05, 4.69) is 9.97 Å². The maximum atomic E-state index is 14.7. The molecule has 1 aliphatic heterocycles. The Labute approximate surface area is 162 Å². The average Bonchev–Trinajstić information content (AvgIpc) is 3.26. The van der Waals surface area contributed by atoms with Crippen LogP contribution in [0.3, 0.4) is 0 Å². The molecule has 11 heteroatoms. The van der Waals surface area contributed by atoms with Gasteiger partial charge in [0.15, 0.2) is 10.8 Å². The van der Waals surface area contributed by atoms with Gasteiger partial charge in [-0.25, -0.2) is 9.78 Å². The van der Waals surface area contributed by atoms with Gasteiger partial charge in [0.2, 0.25) is 11.2 Å². The molecule has 0 spiro atoms. The number of hydrogen-bond acceptors (Lipinski definition) is 6. The van der Waals surface area contributed by atoms with Crippen LogP contribution in [0.4, 0.5) is 10.2 Å². The third-order valence-corrected chi connectivity index (χ3v) is 5.22. The van der Waals surface area contributed by atoms with E-state index in [4.69, 9.17) is 5.73 Å². The number of nitrogens with one attached hydrogen (secondary N) is 1. The number of nitrogens with zero attached hydrogens (tertiary/aromatic N) is 3. The number of quaternary nitrogens is 1. The van der Waals surface area contributed by atoms with Gasteiger partial charge < -0.3 is 23.2 Å². The molecule has 3 aromatic rings. The summed E-state index contributed by atoms with van der Waals surface area (Å²) in [5.41, 5.74) is 4.86. The van der Waals surface area contributed by atoms with Crippen molar-refractivity contribution >= 4 is 34.2 Å². The van der Waals surface area contributed by atoms with Crippen molar-refractivity contribution in [2.45, 2.75) is 12.5 Å². The first kappa shape index (κ1) is 19.4. The molecule has 3 aromatic heterocycles. The molecular weight excluding hydrogens is 397 g/mol. The van der Waals surface area contributed by atoms with Crippen LogP contribution in [0.5, 0.6) is 0 Å². The predicted octanol–water partition coefficient (Wildman–Crippen LogP) is -3.07. The van der Waals surface area contributed by atoms with E-state index in [0.717, 1.165) is 17.4 Å². The second-order valence-corrected chi connectivity index (χ2v) is 7.03. The standard InChI is InChI=1S/C16H14FN5O3S.ClH/c17-11-5-9-12(23)10(15(24)25)7-22(16-19-2-4-26-16)13(9)20-14(11)21-3-1-8(18)6-21;/h2,4-5,7-8H,1,3,6,18H2,(H,24,25);1H/t8-;/m0./s1. The van der Waals surface area contributed by atoms with E-state index in [1.54, 1.807) is 11.6 Å². The highest BCUT2D eigenvalue weighted by atomic mass is 35.5. The van der Waals surface area contributed by atoms with Crippen LogP contribution in [0, 0.1) is 5.82 Å². The largest absolute Gasteiger partial charge is 1.00 e. The van der Waals surface area contributed by atoms with E-state index in [9.17, 15) is 19.1 Å². The Balaban J connectivity index is 0.00000210. The number of fused-ring (bicyclic) bond motifs is 1. The Morgan fingerprint density at radius 3 is 2.85 bits per heavy atom. The minimum atomic E-state index is -1.39. The average molecular weight is 412 g/mol. The van der Waals surface area contributed by atoms with Gasteiger partial charge in [0.25, 0.3) is 5.82 Å². The van der Waals surface area contributed by atoms with Gasteiger partial charge in [0.1, 0.15) is 5.56 Å². The molecular formula is C16H15ClFN5O3S. The van der Waals surface area contributed by atoms with Gasteiger partial charge in [0, 0.05) is 24.2 Å². The third kappa shape index (κ3) is 3.32. The summed E-state index contributed by atoms with van der Waals surface area (Å²) >= 11 is 1.26. The van der Waals surface area contributed by atoms with Crippen molar-refractivity contribution in [2.24, 2.45) is 5.73 Å². The van der Waals surface area contributed by atoms with Crippen molar-refractivity contribution in [1.82, 2.24) is 14.5 Å². The number of carbonyl (C=O) groups is 1. The van der Waals surface area contributed by atoms with E-state index in [-0.39, 0.29) is 35.3 Å². The highest BCUT2D eigenvalue weighted by Gasteiger charge is 2.30. The molecule has 0 aromatic carbocycles. The molecule has 27 heavy (non-hydrogen) atoms. The minimum absolute atomic E-state index is 0. The Hall–Kier alpha value is -2.40. The van der Waals surface area contributed by atoms with Crippen molar-refractivity contribution in [3.8, 4) is 5.13 Å². The molecule has 1 saturated heterocycles. The van der Waals surface area contributed by atoms with Crippen LogP contribution in [-0.4, -0.2) is 44.7 Å². The zero-order valence-corrected chi connectivity index (χ0v) is 15.4. The highest BCUT2D eigenvalue weighted by Crippen LogP contribution is 2.21. The number of nitrogens with two attached hydrogens (primary N) is 1. The third-order valence-electron chi connectivity index (χ3n) is 4.45. The number of halogens is 2. The smallest absolute Gasteiger partial charge is 0.341 e. The van der Waals surface area contributed by atoms with E-state index >= 15 is 0 Å². The molecule has 0 aliphatic carbocycles. The fourth-order valence-corrected chi connectivity index (χ4v) is 3.82. The van der Waals surface area contributed by atoms with Crippen LogP contribution in [0.25, 0.3) is 16.2 Å². The van der Waals surface area contributed by atoms with Gasteiger partial charge >= 0.3 is 5.97 Å². The van der Waals surface area contributed by atoms with Crippen LogP contribution >= 0.6 is 11.3 Å². The fraction of sp³-hybridized carbons (Fsp3) is 0.250. The number of aromatic nitrogens is 3. The van der Waals surface area contributed by atoms with E-state index in [1.807, 2.05) is 0 Å². The second-order valence-electron chi connectivity index (χ2n) is 6.16. The lowest BCUT2D eigenvalue weighted by atomic mass is 10.2. The molecule has 1 unspecified atom stereocenters. The van der Waals surface area contributed by atoms with Gasteiger partial charge in [-0.3, -0.25) is 14.3 Å². The minimum Gasteiger partial charge on any atom is -1.00 e. The molecule has 0 amide bonds. The summed E-state index contributed by atoms with van der Waals surface area (Å²) in [6.07, 6.45) is 3.50. The van der Waals surface area contributed by atoms with Gasteiger partial charge in [-0.2, -0.15) is 9.37 Å². The molecule has 4 N–H and O–H groups in total. The number of carboxylic acids is 1. The number of rotatable bonds is 3. The molecule has 142 valence electrons. The number of thiazole rings is 1. The number of pyridine rings is 2. The van der Waals surface area contributed by atoms with Crippen molar-refractivity contribution in [3.63, 3.8) is 0 Å². The van der Waals surface area contributed by atoms with Gasteiger partial charge in [-0.15, -0.1) is 11.3 Å². The second kappa shape index (κ2) is 7.31. The fourth-order valence-electron chi connectivity index (χ4n) is 3.20. The van der Waals surface area contributed by atoms with Gasteiger partial charge in [0.05, 0.1) is 24.5 Å². The van der Waals surface area contributed by atoms with Gasteiger partial charge in [-0.1, -0.05) is 0 Å². The molecule has 1 aliphatic rings. The molecule has 4 heterocycles. The van der Waals surface area contributed by atoms with E-state index in [0.29, 0.717) is 18.2 Å². The maximum Gasteiger partial charge on any atom is 0.341 e. The topological polar surface area (TPSA) is 116 Å². The Morgan fingerprint density at radius 2 is 2.26 bits per heavy atom. The van der Waals surface area contributed by atoms with E-state index < -0.39 is 22.8 Å². The summed E-state index contributed by atoms with van der Waals surface area (Å²) in [7, 11) is 0. The lowest BCUT2D eigenvalue weighted by Gasteiger charge is -2.14. The summed E-state index contributed by atoms with van der Waals surface area (Å²) in [6, 6.07) is 1.03. The van der Waals surface area contributed by atoms with Crippen LogP contribution in [0.15, 0.2) is 28.6 Å². The molecule has 2 atom stereocenters. The molecule has 0 saturated carbocycles. The Morgan fingerprint density at radius 1 is 1.48 bits per heavy atom. The highest BCUT2D eigenvalue weighted by molar-refractivity contribution is 7.12. The molecule has 8 nitrogen and oxygen atoms in total. The first-order chi connectivity index (χ1) is 12.5. The number of hydrogen-bond donors (Lipinski definition) is 3. The van der Waals surface area contributed by atoms with Crippen LogP contribution in [0.2, 0.25) is 0 Å². The van der Waals surface area contributed by atoms with Crippen molar-refractivity contribution in [1.29, 1.82) is 0 Å². The van der Waals surface area contributed by atoms with E-state index in [1.165, 1.54) is 22.1 Å². The first-order valence-electron chi connectivity index (χ1n) is 7.95. The quantitative estimate of drug-likeness (QED) is 0.421. The summed E-state index contributed by atoms with van der Waals surface area (Å²) < 4.78 is 16.1. The lowest BCUT2D eigenvalue weighted by Crippen LogP contribution is -3.06. The number of aromatic carboxylic acids is 1. The maximum absolute atomic E-state index is 14.7. The molecule has 4 rings (SSSR count). The summed E-state index contributed by atoms with van der Waals surface area (Å²) in [6.45, 7) is 1.19. The zero-order valence-electron chi connectivity index (χ0n) is 13.9.